The van der Waals surface area contributed by atoms with Crippen molar-refractivity contribution in [3.8, 4) is 17.0 Å². The maximum atomic E-state index is 12.4. The van der Waals surface area contributed by atoms with Crippen LogP contribution in [0.3, 0.4) is 0 Å². The fraction of sp³-hybridized carbons (Fsp3) is 0.174. The molecule has 8 heteroatoms. The van der Waals surface area contributed by atoms with Gasteiger partial charge in [0.05, 0.1) is 25.5 Å². The summed E-state index contributed by atoms with van der Waals surface area (Å²) in [7, 11) is 1.57. The molecule has 1 amide bonds. The number of methoxy groups -OCH3 is 1. The minimum absolute atomic E-state index is 0.00758. The fourth-order valence-corrected chi connectivity index (χ4v) is 3.78. The number of thiazole rings is 1. The first kappa shape index (κ1) is 20.6. The first-order valence-electron chi connectivity index (χ1n) is 9.59. The Kier molecular flexibility index (Phi) is 5.99. The van der Waals surface area contributed by atoms with Gasteiger partial charge in [-0.15, -0.1) is 11.3 Å². The molecule has 1 N–H and O–H groups in total. The van der Waals surface area contributed by atoms with Crippen LogP contribution < -0.4 is 10.1 Å². The van der Waals surface area contributed by atoms with Crippen LogP contribution in [-0.2, 0) is 20.7 Å². The lowest BCUT2D eigenvalue weighted by atomic mass is 10.1. The van der Waals surface area contributed by atoms with Crippen molar-refractivity contribution in [1.29, 1.82) is 0 Å². The molecule has 0 saturated heterocycles. The summed E-state index contributed by atoms with van der Waals surface area (Å²) in [5, 5.41) is 5.80. The van der Waals surface area contributed by atoms with Crippen molar-refractivity contribution in [2.45, 2.75) is 19.4 Å². The van der Waals surface area contributed by atoms with E-state index in [1.54, 1.807) is 19.2 Å². The van der Waals surface area contributed by atoms with Crippen LogP contribution >= 0.6 is 11.3 Å². The average molecular weight is 436 g/mol. The summed E-state index contributed by atoms with van der Waals surface area (Å²) in [6.45, 7) is 1.53. The van der Waals surface area contributed by atoms with Crippen LogP contribution in [-0.4, -0.2) is 30.1 Å². The first-order valence-corrected chi connectivity index (χ1v) is 10.5. The number of amides is 1. The first-order chi connectivity index (χ1) is 15.0. The minimum Gasteiger partial charge on any atom is -0.497 e. The summed E-state index contributed by atoms with van der Waals surface area (Å²) < 4.78 is 16.0. The molecule has 0 saturated carbocycles. The normalized spacial score (nSPS) is 11.8. The van der Waals surface area contributed by atoms with Gasteiger partial charge in [-0.05, 0) is 19.1 Å². The Balaban J connectivity index is 1.35. The maximum absolute atomic E-state index is 12.4. The van der Waals surface area contributed by atoms with E-state index in [9.17, 15) is 9.59 Å². The van der Waals surface area contributed by atoms with Crippen molar-refractivity contribution in [2.24, 2.45) is 0 Å². The summed E-state index contributed by atoms with van der Waals surface area (Å²) in [5.41, 5.74) is 3.03. The van der Waals surface area contributed by atoms with Crippen LogP contribution in [0, 0.1) is 0 Å². The zero-order valence-electron chi connectivity index (χ0n) is 17.0. The van der Waals surface area contributed by atoms with Crippen LogP contribution in [0.4, 0.5) is 5.13 Å². The second-order valence-electron chi connectivity index (χ2n) is 6.83. The number of nitrogens with zero attached hydrogens (tertiary/aromatic N) is 1. The van der Waals surface area contributed by atoms with Crippen molar-refractivity contribution in [3.63, 3.8) is 0 Å². The summed E-state index contributed by atoms with van der Waals surface area (Å²) in [4.78, 5) is 29.2. The average Bonchev–Trinajstić information content (AvgIpc) is 3.41. The van der Waals surface area contributed by atoms with Gasteiger partial charge in [0.2, 0.25) is 0 Å². The number of furan rings is 1. The molecule has 0 aliphatic carbocycles. The second-order valence-corrected chi connectivity index (χ2v) is 7.68. The van der Waals surface area contributed by atoms with Gasteiger partial charge in [-0.3, -0.25) is 14.9 Å². The summed E-state index contributed by atoms with van der Waals surface area (Å²) >= 11 is 1.31. The Morgan fingerprint density at radius 3 is 2.77 bits per heavy atom. The van der Waals surface area contributed by atoms with E-state index in [4.69, 9.17) is 13.9 Å². The number of hydrogen-bond acceptors (Lipinski definition) is 7. The van der Waals surface area contributed by atoms with E-state index in [0.29, 0.717) is 22.0 Å². The third-order valence-electron chi connectivity index (χ3n) is 4.68. The van der Waals surface area contributed by atoms with Gasteiger partial charge in [0.25, 0.3) is 5.91 Å². The third-order valence-corrected chi connectivity index (χ3v) is 5.44. The van der Waals surface area contributed by atoms with Crippen LogP contribution in [0.1, 0.15) is 12.5 Å². The lowest BCUT2D eigenvalue weighted by Crippen LogP contribution is -2.30. The Hall–Kier alpha value is -3.65. The molecule has 2 heterocycles. The van der Waals surface area contributed by atoms with E-state index in [0.717, 1.165) is 16.6 Å². The molecule has 158 valence electrons. The minimum atomic E-state index is -0.963. The predicted molar refractivity (Wildman–Crippen MR) is 118 cm³/mol. The number of anilines is 1. The van der Waals surface area contributed by atoms with E-state index in [-0.39, 0.29) is 6.42 Å². The molecule has 0 fully saturated rings. The Bertz CT molecular complexity index is 1220. The molecule has 2 aromatic carbocycles. The molecular formula is C23H20N2O5S. The molecule has 4 rings (SSSR count). The van der Waals surface area contributed by atoms with Gasteiger partial charge in [0, 0.05) is 28.0 Å². The van der Waals surface area contributed by atoms with E-state index in [1.807, 2.05) is 41.8 Å². The number of rotatable bonds is 7. The maximum Gasteiger partial charge on any atom is 0.311 e. The number of benzene rings is 2. The Morgan fingerprint density at radius 2 is 2.00 bits per heavy atom. The highest BCUT2D eigenvalue weighted by Crippen LogP contribution is 2.27. The smallest absolute Gasteiger partial charge is 0.311 e. The second kappa shape index (κ2) is 9.01. The van der Waals surface area contributed by atoms with Gasteiger partial charge in [-0.1, -0.05) is 30.3 Å². The van der Waals surface area contributed by atoms with Crippen molar-refractivity contribution < 1.29 is 23.5 Å². The van der Waals surface area contributed by atoms with Crippen molar-refractivity contribution in [1.82, 2.24) is 4.98 Å². The fourth-order valence-electron chi connectivity index (χ4n) is 3.05. The van der Waals surface area contributed by atoms with Gasteiger partial charge in [0.15, 0.2) is 11.2 Å². The molecular weight excluding hydrogens is 416 g/mol. The predicted octanol–water partition coefficient (Wildman–Crippen LogP) is 4.68. The van der Waals surface area contributed by atoms with Crippen LogP contribution in [0.25, 0.3) is 22.2 Å². The number of carbonyl (C=O) groups is 2. The highest BCUT2D eigenvalue weighted by Gasteiger charge is 2.20. The van der Waals surface area contributed by atoms with Gasteiger partial charge >= 0.3 is 5.97 Å². The van der Waals surface area contributed by atoms with E-state index in [2.05, 4.69) is 10.3 Å². The highest BCUT2D eigenvalue weighted by molar-refractivity contribution is 7.14. The number of fused-ring (bicyclic) bond motifs is 1. The van der Waals surface area contributed by atoms with Gasteiger partial charge < -0.3 is 13.9 Å². The van der Waals surface area contributed by atoms with E-state index in [1.165, 1.54) is 24.5 Å². The number of esters is 1. The topological polar surface area (TPSA) is 90.7 Å². The number of aromatic nitrogens is 1. The molecule has 0 aliphatic heterocycles. The lowest BCUT2D eigenvalue weighted by molar-refractivity contribution is -0.152. The van der Waals surface area contributed by atoms with Gasteiger partial charge in [-0.25, -0.2) is 4.98 Å². The largest absolute Gasteiger partial charge is 0.497 e. The Morgan fingerprint density at radius 1 is 1.19 bits per heavy atom. The molecule has 7 nitrogen and oxygen atoms in total. The van der Waals surface area contributed by atoms with Gasteiger partial charge in [-0.2, -0.15) is 0 Å². The summed E-state index contributed by atoms with van der Waals surface area (Å²) in [5.74, 6) is -0.298. The van der Waals surface area contributed by atoms with Crippen LogP contribution in [0.5, 0.6) is 5.75 Å². The van der Waals surface area contributed by atoms with E-state index >= 15 is 0 Å². The molecule has 4 aromatic rings. The molecule has 1 atom stereocenters. The number of carbonyl (C=O) groups excluding carboxylic acids is 2. The SMILES string of the molecule is COc1ccc2c(CC(=O)O[C@H](C)C(=O)Nc3nc(-c4ccccc4)cs3)coc2c1. The molecule has 0 spiro atoms. The summed E-state index contributed by atoms with van der Waals surface area (Å²) in [6.07, 6.45) is 0.540. The molecule has 0 radical (unpaired) electrons. The quantitative estimate of drug-likeness (QED) is 0.423. The number of hydrogen-bond donors (Lipinski definition) is 1. The van der Waals surface area contributed by atoms with Crippen molar-refractivity contribution in [2.75, 3.05) is 12.4 Å². The van der Waals surface area contributed by atoms with Crippen LogP contribution in [0.2, 0.25) is 0 Å². The van der Waals surface area contributed by atoms with Crippen molar-refractivity contribution in [3.05, 3.63) is 65.7 Å². The standard InChI is InChI=1S/C23H20N2O5S/c1-14(22(27)25-23-24-19(13-31-23)15-6-4-3-5-7-15)30-21(26)10-16-12-29-20-11-17(28-2)8-9-18(16)20/h3-9,11-14H,10H2,1-2H3,(H,24,25,27)/t14-/m1/s1. The molecule has 0 bridgehead atoms. The van der Waals surface area contributed by atoms with Gasteiger partial charge in [0.1, 0.15) is 11.3 Å². The van der Waals surface area contributed by atoms with E-state index < -0.39 is 18.0 Å². The number of ether oxygens (including phenoxy) is 2. The molecule has 31 heavy (non-hydrogen) atoms. The van der Waals surface area contributed by atoms with Crippen LogP contribution in [0.15, 0.2) is 64.6 Å². The lowest BCUT2D eigenvalue weighted by Gasteiger charge is -2.12. The van der Waals surface area contributed by atoms with Crippen molar-refractivity contribution >= 4 is 39.3 Å². The Labute approximate surface area is 182 Å². The number of nitrogens with one attached hydrogen (secondary N) is 1. The third kappa shape index (κ3) is 4.75. The molecule has 0 aliphatic rings. The molecule has 2 aromatic heterocycles. The highest BCUT2D eigenvalue weighted by atomic mass is 32.1. The monoisotopic (exact) mass is 436 g/mol. The summed E-state index contributed by atoms with van der Waals surface area (Å²) in [6, 6.07) is 15.0. The zero-order chi connectivity index (χ0) is 21.8. The molecule has 0 unspecified atom stereocenters. The zero-order valence-corrected chi connectivity index (χ0v) is 17.8.